The van der Waals surface area contributed by atoms with Crippen LogP contribution in [-0.4, -0.2) is 24.8 Å². The largest absolute Gasteiger partial charge is 0.755 e. The van der Waals surface area contributed by atoms with Gasteiger partial charge in [-0.3, -0.25) is 14.3 Å². The number of anilines is 1. The Balaban J connectivity index is 3.26. The standard InChI is InChI=1S/C7H6N2O6S/c10-7(11)5-2-1-4(9(12)13)3-6(5)8-16(14)15/h1-3,8H,(H,10,11)(H,14,15)/p-1. The summed E-state index contributed by atoms with van der Waals surface area (Å²) in [7, 11) is 0. The fourth-order valence-corrected chi connectivity index (χ4v) is 1.35. The van der Waals surface area contributed by atoms with Crippen molar-refractivity contribution in [3.05, 3.63) is 33.9 Å². The van der Waals surface area contributed by atoms with E-state index in [0.717, 1.165) is 18.2 Å². The van der Waals surface area contributed by atoms with Crippen LogP contribution in [0.5, 0.6) is 0 Å². The first-order valence-electron chi connectivity index (χ1n) is 3.79. The summed E-state index contributed by atoms with van der Waals surface area (Å²) >= 11 is -2.75. The Bertz CT molecular complexity index is 474. The number of carboxylic acids is 1. The minimum atomic E-state index is -2.75. The number of rotatable bonds is 4. The van der Waals surface area contributed by atoms with Gasteiger partial charge in [0.05, 0.1) is 16.2 Å². The van der Waals surface area contributed by atoms with Crippen LogP contribution in [-0.2, 0) is 11.3 Å². The van der Waals surface area contributed by atoms with E-state index in [1.807, 2.05) is 0 Å². The topological polar surface area (TPSA) is 133 Å². The third-order valence-electron chi connectivity index (χ3n) is 1.64. The third kappa shape index (κ3) is 2.74. The molecule has 0 aromatic heterocycles. The fourth-order valence-electron chi connectivity index (χ4n) is 1.01. The molecule has 0 aliphatic carbocycles. The molecule has 0 saturated heterocycles. The fraction of sp³-hybridized carbons (Fsp3) is 0. The minimum Gasteiger partial charge on any atom is -0.755 e. The van der Waals surface area contributed by atoms with Gasteiger partial charge < -0.3 is 14.4 Å². The predicted octanol–water partition coefficient (Wildman–Crippen LogP) is 0.499. The van der Waals surface area contributed by atoms with Crippen LogP contribution in [0, 0.1) is 10.1 Å². The average molecular weight is 245 g/mol. The van der Waals surface area contributed by atoms with Crippen molar-refractivity contribution in [3.8, 4) is 0 Å². The number of nitro groups is 1. The molecule has 0 aliphatic heterocycles. The summed E-state index contributed by atoms with van der Waals surface area (Å²) in [6, 6.07) is 2.76. The Morgan fingerprint density at radius 3 is 2.56 bits per heavy atom. The van der Waals surface area contributed by atoms with E-state index < -0.39 is 27.8 Å². The summed E-state index contributed by atoms with van der Waals surface area (Å²) in [5.41, 5.74) is -1.12. The van der Waals surface area contributed by atoms with Gasteiger partial charge in [0.2, 0.25) is 0 Å². The van der Waals surface area contributed by atoms with Gasteiger partial charge in [0.15, 0.2) is 0 Å². The van der Waals surface area contributed by atoms with Gasteiger partial charge in [0, 0.05) is 23.4 Å². The smallest absolute Gasteiger partial charge is 0.337 e. The number of nitro benzene ring substituents is 1. The highest BCUT2D eigenvalue weighted by molar-refractivity contribution is 7.80. The second kappa shape index (κ2) is 4.68. The van der Waals surface area contributed by atoms with E-state index in [-0.39, 0.29) is 11.3 Å². The quantitative estimate of drug-likeness (QED) is 0.450. The maximum atomic E-state index is 10.7. The summed E-state index contributed by atoms with van der Waals surface area (Å²) < 4.78 is 22.5. The zero-order valence-corrected chi connectivity index (χ0v) is 8.39. The van der Waals surface area contributed by atoms with E-state index in [1.54, 1.807) is 4.72 Å². The van der Waals surface area contributed by atoms with Gasteiger partial charge in [-0.05, 0) is 6.07 Å². The maximum Gasteiger partial charge on any atom is 0.337 e. The van der Waals surface area contributed by atoms with E-state index in [0.29, 0.717) is 0 Å². The van der Waals surface area contributed by atoms with Gasteiger partial charge in [-0.2, -0.15) is 0 Å². The van der Waals surface area contributed by atoms with Crippen molar-refractivity contribution in [1.82, 2.24) is 0 Å². The van der Waals surface area contributed by atoms with Crippen LogP contribution in [0.15, 0.2) is 18.2 Å². The second-order valence-corrected chi connectivity index (χ2v) is 3.30. The molecular weight excluding hydrogens is 240 g/mol. The van der Waals surface area contributed by atoms with Crippen LogP contribution in [0.4, 0.5) is 11.4 Å². The summed E-state index contributed by atoms with van der Waals surface area (Å²) in [6.45, 7) is 0. The van der Waals surface area contributed by atoms with Crippen LogP contribution in [0.2, 0.25) is 0 Å². The highest BCUT2D eigenvalue weighted by Gasteiger charge is 2.15. The molecule has 2 N–H and O–H groups in total. The Kier molecular flexibility index (Phi) is 3.53. The lowest BCUT2D eigenvalue weighted by Crippen LogP contribution is -2.08. The minimum absolute atomic E-state index is 0.352. The number of aromatic carboxylic acids is 1. The number of benzene rings is 1. The number of carbonyl (C=O) groups is 1. The Morgan fingerprint density at radius 1 is 1.50 bits per heavy atom. The van der Waals surface area contributed by atoms with Gasteiger partial charge in [-0.1, -0.05) is 0 Å². The molecule has 9 heteroatoms. The number of non-ortho nitro benzene ring substituents is 1. The van der Waals surface area contributed by atoms with Crippen LogP contribution in [0.3, 0.4) is 0 Å². The highest BCUT2D eigenvalue weighted by Crippen LogP contribution is 2.22. The first-order chi connectivity index (χ1) is 7.41. The molecule has 1 aromatic rings. The van der Waals surface area contributed by atoms with E-state index in [2.05, 4.69) is 0 Å². The average Bonchev–Trinajstić information content (AvgIpc) is 2.15. The number of hydrogen-bond donors (Lipinski definition) is 2. The van der Waals surface area contributed by atoms with Gasteiger partial charge in [-0.15, -0.1) is 0 Å². The third-order valence-corrected chi connectivity index (χ3v) is 2.02. The highest BCUT2D eigenvalue weighted by atomic mass is 32.2. The van der Waals surface area contributed by atoms with Crippen molar-refractivity contribution in [2.75, 3.05) is 4.72 Å². The number of nitrogens with one attached hydrogen (secondary N) is 1. The van der Waals surface area contributed by atoms with E-state index in [4.69, 9.17) is 5.11 Å². The molecule has 0 bridgehead atoms. The molecule has 0 spiro atoms. The molecule has 1 aromatic carbocycles. The lowest BCUT2D eigenvalue weighted by Gasteiger charge is -2.10. The number of carboxylic acid groups (broad SMARTS) is 1. The molecular formula is C7H5N2O6S-. The van der Waals surface area contributed by atoms with Crippen molar-refractivity contribution in [1.29, 1.82) is 0 Å². The predicted molar refractivity (Wildman–Crippen MR) is 52.6 cm³/mol. The van der Waals surface area contributed by atoms with E-state index in [9.17, 15) is 23.7 Å². The molecule has 1 unspecified atom stereocenters. The second-order valence-electron chi connectivity index (χ2n) is 2.63. The van der Waals surface area contributed by atoms with E-state index in [1.165, 1.54) is 0 Å². The summed E-state index contributed by atoms with van der Waals surface area (Å²) in [5.74, 6) is -1.39. The summed E-state index contributed by atoms with van der Waals surface area (Å²) in [6.07, 6.45) is 0. The molecule has 0 amide bonds. The maximum absolute atomic E-state index is 10.7. The van der Waals surface area contributed by atoms with Crippen LogP contribution in [0.1, 0.15) is 10.4 Å². The zero-order valence-electron chi connectivity index (χ0n) is 7.58. The molecule has 86 valence electrons. The lowest BCUT2D eigenvalue weighted by molar-refractivity contribution is -0.384. The molecule has 0 aliphatic rings. The zero-order chi connectivity index (χ0) is 12.3. The van der Waals surface area contributed by atoms with Crippen LogP contribution in [0.25, 0.3) is 0 Å². The van der Waals surface area contributed by atoms with Crippen molar-refractivity contribution < 1.29 is 23.6 Å². The van der Waals surface area contributed by atoms with Gasteiger partial charge in [-0.25, -0.2) is 4.79 Å². The molecule has 1 atom stereocenters. The first kappa shape index (κ1) is 12.1. The Hall–Kier alpha value is -2.00. The summed E-state index contributed by atoms with van der Waals surface area (Å²) in [4.78, 5) is 20.3. The van der Waals surface area contributed by atoms with Gasteiger partial charge in [0.25, 0.3) is 5.69 Å². The lowest BCUT2D eigenvalue weighted by atomic mass is 10.1. The van der Waals surface area contributed by atoms with Crippen molar-refractivity contribution in [3.63, 3.8) is 0 Å². The van der Waals surface area contributed by atoms with Crippen molar-refractivity contribution in [2.45, 2.75) is 0 Å². The monoisotopic (exact) mass is 245 g/mol. The van der Waals surface area contributed by atoms with E-state index >= 15 is 0 Å². The normalized spacial score (nSPS) is 11.8. The molecule has 0 heterocycles. The Morgan fingerprint density at radius 2 is 2.12 bits per heavy atom. The van der Waals surface area contributed by atoms with Crippen LogP contribution < -0.4 is 4.72 Å². The molecule has 0 saturated carbocycles. The van der Waals surface area contributed by atoms with Crippen molar-refractivity contribution >= 4 is 28.6 Å². The molecule has 1 rings (SSSR count). The van der Waals surface area contributed by atoms with Crippen LogP contribution >= 0.6 is 0 Å². The van der Waals surface area contributed by atoms with Crippen molar-refractivity contribution in [2.24, 2.45) is 0 Å². The Labute approximate surface area is 91.5 Å². The van der Waals surface area contributed by atoms with Gasteiger partial charge in [0.1, 0.15) is 0 Å². The van der Waals surface area contributed by atoms with Gasteiger partial charge >= 0.3 is 5.97 Å². The SMILES string of the molecule is O=C(O)c1ccc([N+](=O)[O-])cc1NS(=O)[O-]. The molecule has 8 nitrogen and oxygen atoms in total. The first-order valence-corrected chi connectivity index (χ1v) is 4.87. The molecule has 0 radical (unpaired) electrons. The molecule has 16 heavy (non-hydrogen) atoms. The molecule has 0 fully saturated rings. The number of hydrogen-bond acceptors (Lipinski definition) is 5. The number of nitrogens with zero attached hydrogens (tertiary/aromatic N) is 1. The summed E-state index contributed by atoms with van der Waals surface area (Å²) in [5, 5.41) is 19.1.